The normalized spacial score (nSPS) is 17.0. The summed E-state index contributed by atoms with van der Waals surface area (Å²) in [6, 6.07) is 11.2. The molecule has 1 aromatic carbocycles. The van der Waals surface area contributed by atoms with Crippen LogP contribution in [0.15, 0.2) is 36.5 Å². The van der Waals surface area contributed by atoms with Crippen LogP contribution in [0.2, 0.25) is 0 Å². The Hall–Kier alpha value is -1.29. The third-order valence-corrected chi connectivity index (χ3v) is 5.08. The Morgan fingerprint density at radius 1 is 1.22 bits per heavy atom. The Labute approximate surface area is 160 Å². The van der Waals surface area contributed by atoms with Crippen LogP contribution in [0, 0.1) is 13.8 Å². The van der Waals surface area contributed by atoms with Gasteiger partial charge in [-0.05, 0) is 49.9 Å². The second-order valence-electron chi connectivity index (χ2n) is 6.25. The first-order valence-electron chi connectivity index (χ1n) is 7.95. The van der Waals surface area contributed by atoms with Crippen LogP contribution in [-0.2, 0) is 6.42 Å². The van der Waals surface area contributed by atoms with Gasteiger partial charge in [-0.1, -0.05) is 24.3 Å². The molecule has 3 heterocycles. The van der Waals surface area contributed by atoms with Gasteiger partial charge in [0.05, 0.1) is 11.6 Å². The molecule has 4 heteroatoms. The van der Waals surface area contributed by atoms with E-state index in [4.69, 9.17) is 4.98 Å². The predicted molar refractivity (Wildman–Crippen MR) is 92.6 cm³/mol. The van der Waals surface area contributed by atoms with E-state index in [-0.39, 0.29) is 31.0 Å². The van der Waals surface area contributed by atoms with Crippen LogP contribution < -0.4 is 34.5 Å². The van der Waals surface area contributed by atoms with Crippen molar-refractivity contribution >= 4 is 16.7 Å². The minimum absolute atomic E-state index is 0. The van der Waals surface area contributed by atoms with Crippen molar-refractivity contribution in [3.8, 4) is 0 Å². The van der Waals surface area contributed by atoms with Gasteiger partial charge >= 0.3 is 29.6 Å². The SMILES string of the molecule is Cc1[nH]c2c(N3CCc4ccccc4C3C)nccc2c1C.[H-].[Na+]. The van der Waals surface area contributed by atoms with E-state index < -0.39 is 0 Å². The molecule has 3 aromatic rings. The van der Waals surface area contributed by atoms with Gasteiger partial charge in [0.2, 0.25) is 0 Å². The first-order valence-corrected chi connectivity index (χ1v) is 7.95. The van der Waals surface area contributed by atoms with Crippen molar-refractivity contribution in [2.45, 2.75) is 33.2 Å². The van der Waals surface area contributed by atoms with E-state index in [9.17, 15) is 0 Å². The van der Waals surface area contributed by atoms with Gasteiger partial charge in [0.1, 0.15) is 0 Å². The molecule has 0 aliphatic carbocycles. The molecule has 1 aliphatic rings. The minimum atomic E-state index is 0. The van der Waals surface area contributed by atoms with Gasteiger partial charge in [-0.25, -0.2) is 4.98 Å². The van der Waals surface area contributed by atoms with E-state index in [2.05, 4.69) is 61.0 Å². The van der Waals surface area contributed by atoms with Crippen LogP contribution in [0.4, 0.5) is 5.82 Å². The molecule has 2 aromatic heterocycles. The van der Waals surface area contributed by atoms with Gasteiger partial charge in [-0.3, -0.25) is 0 Å². The molecule has 23 heavy (non-hydrogen) atoms. The number of hydrogen-bond acceptors (Lipinski definition) is 2. The second kappa shape index (κ2) is 6.31. The van der Waals surface area contributed by atoms with E-state index in [1.807, 2.05) is 6.20 Å². The maximum Gasteiger partial charge on any atom is 1.00 e. The number of nitrogens with zero attached hydrogens (tertiary/aromatic N) is 2. The number of aryl methyl sites for hydroxylation is 2. The Bertz CT molecular complexity index is 859. The third-order valence-electron chi connectivity index (χ3n) is 5.08. The molecule has 4 rings (SSSR count). The van der Waals surface area contributed by atoms with Gasteiger partial charge in [0.15, 0.2) is 5.82 Å². The quantitative estimate of drug-likeness (QED) is 0.689. The second-order valence-corrected chi connectivity index (χ2v) is 6.25. The van der Waals surface area contributed by atoms with Crippen LogP contribution >= 0.6 is 0 Å². The van der Waals surface area contributed by atoms with E-state index in [1.54, 1.807) is 0 Å². The van der Waals surface area contributed by atoms with Crippen molar-refractivity contribution in [1.82, 2.24) is 9.97 Å². The number of nitrogens with one attached hydrogen (secondary N) is 1. The maximum absolute atomic E-state index is 4.70. The van der Waals surface area contributed by atoms with Crippen LogP contribution in [0.25, 0.3) is 10.9 Å². The summed E-state index contributed by atoms with van der Waals surface area (Å²) < 4.78 is 0. The van der Waals surface area contributed by atoms with E-state index in [1.165, 1.54) is 33.3 Å². The van der Waals surface area contributed by atoms with Crippen LogP contribution in [0.3, 0.4) is 0 Å². The van der Waals surface area contributed by atoms with Crippen LogP contribution in [0.1, 0.15) is 36.8 Å². The Morgan fingerprint density at radius 3 is 2.83 bits per heavy atom. The molecule has 0 saturated heterocycles. The molecule has 1 N–H and O–H groups in total. The molecule has 0 fully saturated rings. The number of aromatic nitrogens is 2. The van der Waals surface area contributed by atoms with Crippen molar-refractivity contribution < 1.29 is 31.0 Å². The zero-order valence-electron chi connectivity index (χ0n) is 15.4. The summed E-state index contributed by atoms with van der Waals surface area (Å²) >= 11 is 0. The summed E-state index contributed by atoms with van der Waals surface area (Å²) in [7, 11) is 0. The number of rotatable bonds is 1. The molecule has 0 amide bonds. The molecule has 1 unspecified atom stereocenters. The molecular weight excluding hydrogens is 293 g/mol. The molecular formula is C19H22N3Na. The minimum Gasteiger partial charge on any atom is -1.00 e. The first kappa shape index (κ1) is 16.6. The number of H-pyrrole nitrogens is 1. The van der Waals surface area contributed by atoms with Crippen LogP contribution in [-0.4, -0.2) is 16.5 Å². The molecule has 1 atom stereocenters. The standard InChI is InChI=1S/C19H21N3.Na.H/c1-12-13(2)21-18-16(12)8-10-20-19(18)22-11-9-15-6-4-5-7-17(15)14(22)3;;/h4-8,10,14,21H,9,11H2,1-3H3;;/q;+1;-1. The maximum atomic E-state index is 4.70. The Kier molecular flexibility index (Phi) is 4.54. The van der Waals surface area contributed by atoms with Gasteiger partial charge in [0, 0.05) is 23.8 Å². The zero-order valence-corrected chi connectivity index (χ0v) is 16.4. The summed E-state index contributed by atoms with van der Waals surface area (Å²) in [6.45, 7) is 7.60. The average Bonchev–Trinajstić information content (AvgIpc) is 2.83. The summed E-state index contributed by atoms with van der Waals surface area (Å²) in [6.07, 6.45) is 3.02. The third kappa shape index (κ3) is 2.61. The molecule has 0 bridgehead atoms. The van der Waals surface area contributed by atoms with Gasteiger partial charge in [-0.2, -0.15) is 0 Å². The Morgan fingerprint density at radius 2 is 2.00 bits per heavy atom. The van der Waals surface area contributed by atoms with Crippen molar-refractivity contribution in [2.24, 2.45) is 0 Å². The number of benzene rings is 1. The van der Waals surface area contributed by atoms with Gasteiger partial charge in [0.25, 0.3) is 0 Å². The van der Waals surface area contributed by atoms with Crippen LogP contribution in [0.5, 0.6) is 0 Å². The van der Waals surface area contributed by atoms with E-state index in [0.29, 0.717) is 6.04 Å². The average molecular weight is 315 g/mol. The number of anilines is 1. The molecule has 0 spiro atoms. The summed E-state index contributed by atoms with van der Waals surface area (Å²) in [5.74, 6) is 1.08. The molecule has 0 saturated carbocycles. The van der Waals surface area contributed by atoms with E-state index in [0.717, 1.165) is 18.8 Å². The monoisotopic (exact) mass is 315 g/mol. The molecule has 114 valence electrons. The summed E-state index contributed by atoms with van der Waals surface area (Å²) in [5.41, 5.74) is 6.62. The number of aromatic amines is 1. The van der Waals surface area contributed by atoms with Crippen molar-refractivity contribution in [1.29, 1.82) is 0 Å². The number of hydrogen-bond donors (Lipinski definition) is 1. The fourth-order valence-corrected chi connectivity index (χ4v) is 3.65. The number of pyridine rings is 1. The molecule has 3 nitrogen and oxygen atoms in total. The van der Waals surface area contributed by atoms with Gasteiger partial charge < -0.3 is 11.3 Å². The fraction of sp³-hybridized carbons (Fsp3) is 0.316. The fourth-order valence-electron chi connectivity index (χ4n) is 3.65. The predicted octanol–water partition coefficient (Wildman–Crippen LogP) is 1.42. The largest absolute Gasteiger partial charge is 1.00 e. The van der Waals surface area contributed by atoms with Gasteiger partial charge in [-0.15, -0.1) is 0 Å². The summed E-state index contributed by atoms with van der Waals surface area (Å²) in [5, 5.41) is 1.29. The zero-order chi connectivity index (χ0) is 15.3. The van der Waals surface area contributed by atoms with Crippen molar-refractivity contribution in [3.05, 3.63) is 58.9 Å². The molecule has 1 aliphatic heterocycles. The first-order chi connectivity index (χ1) is 10.7. The van der Waals surface area contributed by atoms with Crippen molar-refractivity contribution in [2.75, 3.05) is 11.4 Å². The van der Waals surface area contributed by atoms with Crippen molar-refractivity contribution in [3.63, 3.8) is 0 Å². The smallest absolute Gasteiger partial charge is 1.00 e. The number of fused-ring (bicyclic) bond motifs is 2. The van der Waals surface area contributed by atoms with E-state index >= 15 is 0 Å². The topological polar surface area (TPSA) is 31.9 Å². The summed E-state index contributed by atoms with van der Waals surface area (Å²) in [4.78, 5) is 10.7. The Balaban J connectivity index is 0.00000104. The molecule has 0 radical (unpaired) electrons.